The Balaban J connectivity index is 1.78. The van der Waals surface area contributed by atoms with Crippen molar-refractivity contribution in [3.8, 4) is 11.5 Å². The topological polar surface area (TPSA) is 69.4 Å². The van der Waals surface area contributed by atoms with Crippen molar-refractivity contribution in [2.24, 2.45) is 0 Å². The van der Waals surface area contributed by atoms with Gasteiger partial charge in [0.2, 0.25) is 0 Å². The molecule has 0 radical (unpaired) electrons. The highest BCUT2D eigenvalue weighted by Crippen LogP contribution is 2.38. The van der Waals surface area contributed by atoms with Gasteiger partial charge in [0, 0.05) is 27.8 Å². The smallest absolute Gasteiger partial charge is 0.338 e. The quantitative estimate of drug-likeness (QED) is 0.188. The van der Waals surface area contributed by atoms with Crippen LogP contribution in [0.2, 0.25) is 0 Å². The number of nitrogens with zero attached hydrogens (tertiary/aromatic N) is 1. The van der Waals surface area contributed by atoms with Gasteiger partial charge in [-0.2, -0.15) is 0 Å². The zero-order valence-electron chi connectivity index (χ0n) is 20.8. The van der Waals surface area contributed by atoms with E-state index in [0.717, 1.165) is 27.7 Å². The van der Waals surface area contributed by atoms with Crippen LogP contribution < -0.4 is 0 Å². The van der Waals surface area contributed by atoms with E-state index in [1.807, 2.05) is 87.5 Å². The highest BCUT2D eigenvalue weighted by molar-refractivity contribution is 6.10. The number of para-hydroxylation sites is 1. The van der Waals surface area contributed by atoms with Crippen LogP contribution in [-0.2, 0) is 4.74 Å². The van der Waals surface area contributed by atoms with E-state index >= 15 is 0 Å². The van der Waals surface area contributed by atoms with Crippen molar-refractivity contribution in [3.05, 3.63) is 101 Å². The molecule has 180 valence electrons. The summed E-state index contributed by atoms with van der Waals surface area (Å²) in [7, 11) is 1.36. The standard InChI is InChI=1S/C31H27NO4/c1-5-21(29(33)20-11-7-6-8-12-20)23-16-15-18(2)28-27(23)24(31(34)35-4)17-25(32-28)30-19(3)22-13-9-10-14-26(22)36-30/h6-17,21H,5H2,1-4H3. The van der Waals surface area contributed by atoms with E-state index in [-0.39, 0.29) is 5.78 Å². The molecule has 0 aliphatic heterocycles. The lowest BCUT2D eigenvalue weighted by Crippen LogP contribution is -2.15. The number of benzene rings is 3. The van der Waals surface area contributed by atoms with Crippen molar-refractivity contribution >= 4 is 33.6 Å². The minimum absolute atomic E-state index is 0.0104. The SMILES string of the molecule is CCC(C(=O)c1ccccc1)c1ccc(C)c2nc(-c3oc4ccccc4c3C)cc(C(=O)OC)c12. The fraction of sp³-hybridized carbons (Fsp3) is 0.194. The number of furan rings is 1. The molecule has 0 spiro atoms. The first-order chi connectivity index (χ1) is 17.4. The van der Waals surface area contributed by atoms with E-state index in [9.17, 15) is 9.59 Å². The highest BCUT2D eigenvalue weighted by Gasteiger charge is 2.27. The molecule has 2 aromatic heterocycles. The second kappa shape index (κ2) is 9.42. The zero-order valence-corrected chi connectivity index (χ0v) is 20.8. The third-order valence-electron chi connectivity index (χ3n) is 6.83. The minimum atomic E-state index is -0.480. The first kappa shape index (κ1) is 23.5. The summed E-state index contributed by atoms with van der Waals surface area (Å²) in [5.41, 5.74) is 5.60. The Morgan fingerprint density at radius 3 is 2.39 bits per heavy atom. The van der Waals surface area contributed by atoms with Crippen molar-refractivity contribution in [1.82, 2.24) is 4.98 Å². The minimum Gasteiger partial charge on any atom is -0.465 e. The van der Waals surface area contributed by atoms with Crippen molar-refractivity contribution < 1.29 is 18.7 Å². The normalized spacial score (nSPS) is 12.1. The van der Waals surface area contributed by atoms with Gasteiger partial charge in [-0.05, 0) is 43.5 Å². The van der Waals surface area contributed by atoms with Crippen LogP contribution in [0.1, 0.15) is 56.7 Å². The number of fused-ring (bicyclic) bond motifs is 2. The predicted molar refractivity (Wildman–Crippen MR) is 142 cm³/mol. The third-order valence-corrected chi connectivity index (χ3v) is 6.83. The molecular weight excluding hydrogens is 450 g/mol. The number of methoxy groups -OCH3 is 1. The summed E-state index contributed by atoms with van der Waals surface area (Å²) in [5, 5.41) is 1.65. The molecule has 0 bridgehead atoms. The summed E-state index contributed by atoms with van der Waals surface area (Å²) < 4.78 is 11.4. The number of Topliss-reactive ketones (excluding diaryl/α,β-unsaturated/α-hetero) is 1. The second-order valence-electron chi connectivity index (χ2n) is 8.99. The van der Waals surface area contributed by atoms with Gasteiger partial charge >= 0.3 is 5.97 Å². The van der Waals surface area contributed by atoms with Crippen molar-refractivity contribution in [3.63, 3.8) is 0 Å². The molecule has 0 fully saturated rings. The van der Waals surface area contributed by atoms with Gasteiger partial charge in [0.15, 0.2) is 11.5 Å². The Morgan fingerprint density at radius 1 is 0.972 bits per heavy atom. The molecule has 2 heterocycles. The second-order valence-corrected chi connectivity index (χ2v) is 8.99. The van der Waals surface area contributed by atoms with Gasteiger partial charge < -0.3 is 9.15 Å². The summed E-state index contributed by atoms with van der Waals surface area (Å²) in [4.78, 5) is 31.6. The Labute approximate surface area is 209 Å². The third kappa shape index (κ3) is 3.87. The number of aryl methyl sites for hydroxylation is 2. The number of ether oxygens (including phenoxy) is 1. The maximum atomic E-state index is 13.5. The van der Waals surface area contributed by atoms with Crippen molar-refractivity contribution in [1.29, 1.82) is 0 Å². The average Bonchev–Trinajstić information content (AvgIpc) is 3.26. The van der Waals surface area contributed by atoms with E-state index < -0.39 is 11.9 Å². The van der Waals surface area contributed by atoms with E-state index in [1.165, 1.54) is 7.11 Å². The van der Waals surface area contributed by atoms with Gasteiger partial charge in [0.05, 0.1) is 18.2 Å². The van der Waals surface area contributed by atoms with Gasteiger partial charge in [0.1, 0.15) is 11.3 Å². The molecule has 0 saturated carbocycles. The summed E-state index contributed by atoms with van der Waals surface area (Å²) in [6.45, 7) is 5.92. The molecule has 3 aromatic carbocycles. The Kier molecular flexibility index (Phi) is 6.15. The van der Waals surface area contributed by atoms with Gasteiger partial charge in [-0.3, -0.25) is 4.79 Å². The number of aromatic nitrogens is 1. The lowest BCUT2D eigenvalue weighted by molar-refractivity contribution is 0.0602. The van der Waals surface area contributed by atoms with E-state index in [4.69, 9.17) is 14.1 Å². The molecule has 0 N–H and O–H groups in total. The largest absolute Gasteiger partial charge is 0.465 e. The number of pyridine rings is 1. The summed E-state index contributed by atoms with van der Waals surface area (Å²) in [5.74, 6) is -0.289. The first-order valence-corrected chi connectivity index (χ1v) is 12.0. The lowest BCUT2D eigenvalue weighted by atomic mass is 9.84. The number of carbonyl (C=O) groups excluding carboxylic acids is 2. The van der Waals surface area contributed by atoms with E-state index in [1.54, 1.807) is 6.07 Å². The number of esters is 1. The fourth-order valence-corrected chi connectivity index (χ4v) is 4.95. The number of hydrogen-bond acceptors (Lipinski definition) is 5. The Hall–Kier alpha value is -4.25. The molecule has 0 aliphatic carbocycles. The highest BCUT2D eigenvalue weighted by atomic mass is 16.5. The van der Waals surface area contributed by atoms with Gasteiger partial charge in [0.25, 0.3) is 0 Å². The number of rotatable bonds is 6. The maximum absolute atomic E-state index is 13.5. The fourth-order valence-electron chi connectivity index (χ4n) is 4.95. The molecule has 0 saturated heterocycles. The van der Waals surface area contributed by atoms with Crippen LogP contribution >= 0.6 is 0 Å². The Morgan fingerprint density at radius 2 is 1.69 bits per heavy atom. The molecule has 1 atom stereocenters. The van der Waals surface area contributed by atoms with E-state index in [2.05, 4.69) is 0 Å². The number of ketones is 1. The van der Waals surface area contributed by atoms with Crippen LogP contribution in [0.5, 0.6) is 0 Å². The van der Waals surface area contributed by atoms with Gasteiger partial charge in [-0.25, -0.2) is 9.78 Å². The van der Waals surface area contributed by atoms with Crippen molar-refractivity contribution in [2.45, 2.75) is 33.1 Å². The van der Waals surface area contributed by atoms with Crippen LogP contribution in [0, 0.1) is 13.8 Å². The monoisotopic (exact) mass is 477 g/mol. The molecule has 5 heteroatoms. The maximum Gasteiger partial charge on any atom is 0.338 e. The summed E-state index contributed by atoms with van der Waals surface area (Å²) in [6.07, 6.45) is 0.580. The van der Waals surface area contributed by atoms with Gasteiger partial charge in [-0.1, -0.05) is 67.6 Å². The van der Waals surface area contributed by atoms with Crippen LogP contribution in [-0.4, -0.2) is 23.8 Å². The molecule has 0 amide bonds. The van der Waals surface area contributed by atoms with Crippen molar-refractivity contribution in [2.75, 3.05) is 7.11 Å². The van der Waals surface area contributed by atoms with Crippen LogP contribution in [0.25, 0.3) is 33.3 Å². The van der Waals surface area contributed by atoms with Crippen LogP contribution in [0.15, 0.2) is 77.2 Å². The molecule has 0 aliphatic rings. The van der Waals surface area contributed by atoms with Gasteiger partial charge in [-0.15, -0.1) is 0 Å². The predicted octanol–water partition coefficient (Wildman–Crippen LogP) is 7.43. The van der Waals surface area contributed by atoms with Crippen LogP contribution in [0.3, 0.4) is 0 Å². The summed E-state index contributed by atoms with van der Waals surface area (Å²) in [6, 6.07) is 22.7. The summed E-state index contributed by atoms with van der Waals surface area (Å²) >= 11 is 0. The molecule has 1 unspecified atom stereocenters. The first-order valence-electron chi connectivity index (χ1n) is 12.0. The van der Waals surface area contributed by atoms with Crippen LogP contribution in [0.4, 0.5) is 0 Å². The molecule has 5 aromatic rings. The zero-order chi connectivity index (χ0) is 25.4. The lowest BCUT2D eigenvalue weighted by Gasteiger charge is -2.20. The molecular formula is C31H27NO4. The molecule has 5 nitrogen and oxygen atoms in total. The number of hydrogen-bond donors (Lipinski definition) is 0. The Bertz CT molecular complexity index is 1610. The van der Waals surface area contributed by atoms with E-state index in [0.29, 0.717) is 39.9 Å². The molecule has 5 rings (SSSR count). The molecule has 36 heavy (non-hydrogen) atoms. The number of carbonyl (C=O) groups is 2. The average molecular weight is 478 g/mol.